The van der Waals surface area contributed by atoms with Crippen molar-refractivity contribution < 1.29 is 14.6 Å². The number of carboxylic acids is 1. The predicted octanol–water partition coefficient (Wildman–Crippen LogP) is 3.34. The number of methoxy groups -OCH3 is 1. The highest BCUT2D eigenvalue weighted by Crippen LogP contribution is 2.32. The molecule has 2 rings (SSSR count). The standard InChI is InChI=1S/C15H16O3S/c1-15(14(16)17,13-4-3-9-19-13)10-11-5-7-12(18-2)8-6-11/h3-9H,10H2,1-2H3,(H,16,17). The Labute approximate surface area is 116 Å². The lowest BCUT2D eigenvalue weighted by Gasteiger charge is -2.23. The van der Waals surface area contributed by atoms with Gasteiger partial charge in [-0.15, -0.1) is 11.3 Å². The molecule has 0 radical (unpaired) electrons. The highest BCUT2D eigenvalue weighted by molar-refractivity contribution is 7.10. The van der Waals surface area contributed by atoms with E-state index in [4.69, 9.17) is 4.74 Å². The van der Waals surface area contributed by atoms with Crippen LogP contribution in [-0.4, -0.2) is 18.2 Å². The summed E-state index contributed by atoms with van der Waals surface area (Å²) in [7, 11) is 1.61. The van der Waals surface area contributed by atoms with Crippen LogP contribution in [0.2, 0.25) is 0 Å². The van der Waals surface area contributed by atoms with Gasteiger partial charge in [-0.05, 0) is 42.5 Å². The van der Waals surface area contributed by atoms with Crippen LogP contribution in [-0.2, 0) is 16.6 Å². The molecule has 0 aliphatic rings. The van der Waals surface area contributed by atoms with Crippen LogP contribution in [0.15, 0.2) is 41.8 Å². The van der Waals surface area contributed by atoms with Crippen molar-refractivity contribution in [2.45, 2.75) is 18.8 Å². The number of carboxylic acid groups (broad SMARTS) is 1. The lowest BCUT2D eigenvalue weighted by molar-refractivity contribution is -0.143. The number of hydrogen-bond acceptors (Lipinski definition) is 3. The summed E-state index contributed by atoms with van der Waals surface area (Å²) in [6.45, 7) is 1.77. The van der Waals surface area contributed by atoms with Gasteiger partial charge >= 0.3 is 5.97 Å². The number of ether oxygens (including phenoxy) is 1. The Hall–Kier alpha value is -1.81. The minimum Gasteiger partial charge on any atom is -0.497 e. The highest BCUT2D eigenvalue weighted by Gasteiger charge is 2.36. The highest BCUT2D eigenvalue weighted by atomic mass is 32.1. The first-order valence-electron chi connectivity index (χ1n) is 5.96. The molecule has 0 saturated heterocycles. The van der Waals surface area contributed by atoms with E-state index in [9.17, 15) is 9.90 Å². The maximum atomic E-state index is 11.6. The van der Waals surface area contributed by atoms with Crippen LogP contribution in [0.3, 0.4) is 0 Å². The zero-order chi connectivity index (χ0) is 13.9. The van der Waals surface area contributed by atoms with E-state index >= 15 is 0 Å². The second kappa shape index (κ2) is 5.45. The molecule has 0 aliphatic heterocycles. The van der Waals surface area contributed by atoms with Crippen LogP contribution in [0.1, 0.15) is 17.4 Å². The number of aliphatic carboxylic acids is 1. The van der Waals surface area contributed by atoms with E-state index in [1.54, 1.807) is 14.0 Å². The Morgan fingerprint density at radius 1 is 1.32 bits per heavy atom. The predicted molar refractivity (Wildman–Crippen MR) is 76.0 cm³/mol. The van der Waals surface area contributed by atoms with Crippen LogP contribution in [0, 0.1) is 0 Å². The summed E-state index contributed by atoms with van der Waals surface area (Å²) < 4.78 is 5.10. The van der Waals surface area contributed by atoms with Gasteiger partial charge in [0.1, 0.15) is 11.2 Å². The molecule has 19 heavy (non-hydrogen) atoms. The quantitative estimate of drug-likeness (QED) is 0.911. The van der Waals surface area contributed by atoms with Crippen molar-refractivity contribution in [2.75, 3.05) is 7.11 Å². The van der Waals surface area contributed by atoms with Gasteiger partial charge in [-0.25, -0.2) is 0 Å². The molecule has 0 fully saturated rings. The summed E-state index contributed by atoms with van der Waals surface area (Å²) in [6, 6.07) is 11.3. The fourth-order valence-corrected chi connectivity index (χ4v) is 2.89. The van der Waals surface area contributed by atoms with Gasteiger partial charge in [0.25, 0.3) is 0 Å². The summed E-state index contributed by atoms with van der Waals surface area (Å²) in [5, 5.41) is 11.5. The molecule has 1 heterocycles. The van der Waals surface area contributed by atoms with Crippen molar-refractivity contribution in [3.8, 4) is 5.75 Å². The average molecular weight is 276 g/mol. The third kappa shape index (κ3) is 2.79. The third-order valence-corrected chi connectivity index (χ3v) is 4.39. The van der Waals surface area contributed by atoms with E-state index in [-0.39, 0.29) is 0 Å². The SMILES string of the molecule is COc1ccc(CC(C)(C(=O)O)c2cccs2)cc1. The Balaban J connectivity index is 2.28. The van der Waals surface area contributed by atoms with Crippen molar-refractivity contribution in [1.29, 1.82) is 0 Å². The molecular formula is C15H16O3S. The Morgan fingerprint density at radius 3 is 2.47 bits per heavy atom. The first-order chi connectivity index (χ1) is 9.06. The zero-order valence-electron chi connectivity index (χ0n) is 10.9. The lowest BCUT2D eigenvalue weighted by atomic mass is 9.82. The normalized spacial score (nSPS) is 13.8. The second-order valence-electron chi connectivity index (χ2n) is 4.64. The number of rotatable bonds is 5. The molecule has 1 aromatic carbocycles. The summed E-state index contributed by atoms with van der Waals surface area (Å²) in [4.78, 5) is 12.5. The van der Waals surface area contributed by atoms with Gasteiger partial charge in [0.15, 0.2) is 0 Å². The fourth-order valence-electron chi connectivity index (χ4n) is 2.01. The molecule has 2 aromatic rings. The minimum atomic E-state index is -0.886. The molecule has 100 valence electrons. The van der Waals surface area contributed by atoms with Gasteiger partial charge in [-0.2, -0.15) is 0 Å². The van der Waals surface area contributed by atoms with E-state index in [0.29, 0.717) is 6.42 Å². The molecular weight excluding hydrogens is 260 g/mol. The topological polar surface area (TPSA) is 46.5 Å². The first kappa shape index (κ1) is 13.6. The van der Waals surface area contributed by atoms with Crippen LogP contribution in [0.4, 0.5) is 0 Å². The molecule has 1 atom stereocenters. The van der Waals surface area contributed by atoms with E-state index in [0.717, 1.165) is 16.2 Å². The molecule has 0 saturated carbocycles. The number of carbonyl (C=O) groups is 1. The van der Waals surface area contributed by atoms with Crippen LogP contribution in [0.25, 0.3) is 0 Å². The number of hydrogen-bond donors (Lipinski definition) is 1. The molecule has 3 nitrogen and oxygen atoms in total. The van der Waals surface area contributed by atoms with E-state index in [1.807, 2.05) is 41.8 Å². The summed E-state index contributed by atoms with van der Waals surface area (Å²) in [5.74, 6) is -0.0253. The van der Waals surface area contributed by atoms with Crippen molar-refractivity contribution in [3.63, 3.8) is 0 Å². The number of benzene rings is 1. The van der Waals surface area contributed by atoms with Crippen LogP contribution < -0.4 is 4.74 Å². The maximum Gasteiger partial charge on any atom is 0.315 e. The molecule has 0 amide bonds. The molecule has 0 bridgehead atoms. The molecule has 1 aromatic heterocycles. The van der Waals surface area contributed by atoms with E-state index in [2.05, 4.69) is 0 Å². The van der Waals surface area contributed by atoms with Gasteiger partial charge in [0.2, 0.25) is 0 Å². The lowest BCUT2D eigenvalue weighted by Crippen LogP contribution is -2.33. The Bertz CT molecular complexity index is 545. The van der Waals surface area contributed by atoms with Crippen molar-refractivity contribution in [3.05, 3.63) is 52.2 Å². The summed E-state index contributed by atoms with van der Waals surface area (Å²) >= 11 is 1.48. The van der Waals surface area contributed by atoms with Gasteiger partial charge < -0.3 is 9.84 Å². The molecule has 4 heteroatoms. The van der Waals surface area contributed by atoms with E-state index < -0.39 is 11.4 Å². The second-order valence-corrected chi connectivity index (χ2v) is 5.59. The maximum absolute atomic E-state index is 11.6. The smallest absolute Gasteiger partial charge is 0.315 e. The van der Waals surface area contributed by atoms with Crippen molar-refractivity contribution in [2.24, 2.45) is 0 Å². The first-order valence-corrected chi connectivity index (χ1v) is 6.84. The van der Waals surface area contributed by atoms with Gasteiger partial charge in [-0.1, -0.05) is 18.2 Å². The summed E-state index contributed by atoms with van der Waals surface area (Å²) in [5.41, 5.74) is 0.0991. The van der Waals surface area contributed by atoms with Crippen molar-refractivity contribution >= 4 is 17.3 Å². The third-order valence-electron chi connectivity index (χ3n) is 3.25. The number of thiophene rings is 1. The van der Waals surface area contributed by atoms with Crippen molar-refractivity contribution in [1.82, 2.24) is 0 Å². The Kier molecular flexibility index (Phi) is 3.90. The molecule has 1 N–H and O–H groups in total. The van der Waals surface area contributed by atoms with Gasteiger partial charge in [0, 0.05) is 4.88 Å². The Morgan fingerprint density at radius 2 is 2.00 bits per heavy atom. The molecule has 0 aliphatic carbocycles. The largest absolute Gasteiger partial charge is 0.497 e. The zero-order valence-corrected chi connectivity index (χ0v) is 11.7. The molecule has 1 unspecified atom stereocenters. The minimum absolute atomic E-state index is 0.465. The molecule has 0 spiro atoms. The van der Waals surface area contributed by atoms with Gasteiger partial charge in [0.05, 0.1) is 7.11 Å². The van der Waals surface area contributed by atoms with Gasteiger partial charge in [-0.3, -0.25) is 4.79 Å². The van der Waals surface area contributed by atoms with E-state index in [1.165, 1.54) is 11.3 Å². The summed E-state index contributed by atoms with van der Waals surface area (Å²) in [6.07, 6.45) is 0.465. The fraction of sp³-hybridized carbons (Fsp3) is 0.267. The average Bonchev–Trinajstić information content (AvgIpc) is 2.93. The monoisotopic (exact) mass is 276 g/mol. The van der Waals surface area contributed by atoms with Crippen LogP contribution >= 0.6 is 11.3 Å². The van der Waals surface area contributed by atoms with Crippen LogP contribution in [0.5, 0.6) is 5.75 Å².